The van der Waals surface area contributed by atoms with Crippen molar-refractivity contribution >= 4 is 5.69 Å². The van der Waals surface area contributed by atoms with Crippen LogP contribution in [0.2, 0.25) is 0 Å². The molecular formula is C12H18N2O. The molecule has 1 heterocycles. The van der Waals surface area contributed by atoms with Crippen LogP contribution in [0.5, 0.6) is 5.75 Å². The van der Waals surface area contributed by atoms with E-state index in [0.29, 0.717) is 12.5 Å². The molecule has 0 spiro atoms. The number of nitrogens with zero attached hydrogens (tertiary/aromatic N) is 1. The molecule has 1 aromatic rings. The lowest BCUT2D eigenvalue weighted by atomic mass is 10.00. The fourth-order valence-electron chi connectivity index (χ4n) is 1.81. The van der Waals surface area contributed by atoms with E-state index in [2.05, 4.69) is 31.0 Å². The average molecular weight is 206 g/mol. The second-order valence-electron chi connectivity index (χ2n) is 4.13. The minimum Gasteiger partial charge on any atom is -0.490 e. The first-order chi connectivity index (χ1) is 7.22. The molecule has 0 fully saturated rings. The van der Waals surface area contributed by atoms with Gasteiger partial charge in [-0.25, -0.2) is 0 Å². The zero-order chi connectivity index (χ0) is 10.8. The van der Waals surface area contributed by atoms with Crippen molar-refractivity contribution in [3.8, 4) is 5.75 Å². The number of hydrogen-bond donors (Lipinski definition) is 1. The maximum atomic E-state index is 5.67. The first kappa shape index (κ1) is 10.3. The van der Waals surface area contributed by atoms with Crippen LogP contribution < -0.4 is 15.4 Å². The number of fused-ring (bicyclic) bond motifs is 1. The predicted octanol–water partition coefficient (Wildman–Crippen LogP) is 1.58. The highest BCUT2D eigenvalue weighted by atomic mass is 16.5. The summed E-state index contributed by atoms with van der Waals surface area (Å²) < 4.78 is 5.59. The summed E-state index contributed by atoms with van der Waals surface area (Å²) in [4.78, 5) is 2.23. The van der Waals surface area contributed by atoms with Crippen molar-refractivity contribution in [2.24, 2.45) is 5.73 Å². The van der Waals surface area contributed by atoms with E-state index >= 15 is 0 Å². The number of nitrogens with two attached hydrogens (primary N) is 1. The molecule has 0 aromatic heterocycles. The summed E-state index contributed by atoms with van der Waals surface area (Å²) in [7, 11) is 2.10. The van der Waals surface area contributed by atoms with Crippen molar-refractivity contribution < 1.29 is 4.74 Å². The first-order valence-electron chi connectivity index (χ1n) is 5.40. The van der Waals surface area contributed by atoms with Crippen molar-refractivity contribution in [3.63, 3.8) is 0 Å². The third-order valence-corrected chi connectivity index (χ3v) is 3.00. The summed E-state index contributed by atoms with van der Waals surface area (Å²) >= 11 is 0. The zero-order valence-corrected chi connectivity index (χ0v) is 9.36. The molecule has 82 valence electrons. The van der Waals surface area contributed by atoms with Crippen molar-refractivity contribution in [3.05, 3.63) is 23.8 Å². The second kappa shape index (κ2) is 4.11. The topological polar surface area (TPSA) is 38.5 Å². The molecule has 3 nitrogen and oxygen atoms in total. The fourth-order valence-corrected chi connectivity index (χ4v) is 1.81. The maximum absolute atomic E-state index is 5.67. The second-order valence-corrected chi connectivity index (χ2v) is 4.13. The molecular weight excluding hydrogens is 188 g/mol. The van der Waals surface area contributed by atoms with Crippen molar-refractivity contribution in [2.75, 3.05) is 31.6 Å². The molecule has 3 heteroatoms. The Morgan fingerprint density at radius 1 is 1.53 bits per heavy atom. The van der Waals surface area contributed by atoms with Crippen LogP contribution in [0.15, 0.2) is 18.2 Å². The molecule has 0 radical (unpaired) electrons. The van der Waals surface area contributed by atoms with Crippen molar-refractivity contribution in [1.29, 1.82) is 0 Å². The van der Waals surface area contributed by atoms with Crippen LogP contribution >= 0.6 is 0 Å². The lowest BCUT2D eigenvalue weighted by molar-refractivity contribution is 0.311. The number of ether oxygens (including phenoxy) is 1. The summed E-state index contributed by atoms with van der Waals surface area (Å²) in [5, 5.41) is 0. The molecule has 1 atom stereocenters. The lowest BCUT2D eigenvalue weighted by Gasteiger charge is -2.28. The zero-order valence-electron chi connectivity index (χ0n) is 9.36. The predicted molar refractivity (Wildman–Crippen MR) is 62.7 cm³/mol. The Morgan fingerprint density at radius 2 is 2.33 bits per heavy atom. The van der Waals surface area contributed by atoms with E-state index in [-0.39, 0.29) is 0 Å². The molecule has 0 saturated heterocycles. The van der Waals surface area contributed by atoms with Crippen LogP contribution in [0.4, 0.5) is 5.69 Å². The Bertz CT molecular complexity index is 351. The monoisotopic (exact) mass is 206 g/mol. The number of rotatable bonds is 2. The van der Waals surface area contributed by atoms with Gasteiger partial charge in [0.2, 0.25) is 0 Å². The smallest absolute Gasteiger partial charge is 0.142 e. The van der Waals surface area contributed by atoms with Crippen LogP contribution in [0.1, 0.15) is 18.4 Å². The van der Waals surface area contributed by atoms with Crippen molar-refractivity contribution in [1.82, 2.24) is 0 Å². The molecule has 15 heavy (non-hydrogen) atoms. The van der Waals surface area contributed by atoms with E-state index in [9.17, 15) is 0 Å². The van der Waals surface area contributed by atoms with E-state index in [0.717, 1.165) is 18.9 Å². The normalized spacial score (nSPS) is 16.9. The molecule has 0 saturated carbocycles. The molecule has 0 bridgehead atoms. The standard InChI is InChI=1S/C12H18N2O/c1-9(8-13)10-3-4-12-11(7-10)14(2)5-6-15-12/h3-4,7,9H,5-6,8,13H2,1-2H3. The Morgan fingerprint density at radius 3 is 3.07 bits per heavy atom. The Hall–Kier alpha value is -1.22. The van der Waals surface area contributed by atoms with E-state index in [1.165, 1.54) is 11.3 Å². The van der Waals surface area contributed by atoms with Gasteiger partial charge >= 0.3 is 0 Å². The summed E-state index contributed by atoms with van der Waals surface area (Å²) in [5.74, 6) is 1.39. The van der Waals surface area contributed by atoms with Crippen LogP contribution in [0, 0.1) is 0 Å². The average Bonchev–Trinajstić information content (AvgIpc) is 2.28. The summed E-state index contributed by atoms with van der Waals surface area (Å²) in [5.41, 5.74) is 8.14. The highest BCUT2D eigenvalue weighted by Crippen LogP contribution is 2.33. The van der Waals surface area contributed by atoms with E-state index in [1.807, 2.05) is 6.07 Å². The van der Waals surface area contributed by atoms with Gasteiger partial charge in [-0.1, -0.05) is 13.0 Å². The van der Waals surface area contributed by atoms with E-state index in [4.69, 9.17) is 10.5 Å². The van der Waals surface area contributed by atoms with Crippen LogP contribution in [-0.2, 0) is 0 Å². The quantitative estimate of drug-likeness (QED) is 0.798. The van der Waals surface area contributed by atoms with Gasteiger partial charge in [0.15, 0.2) is 0 Å². The molecule has 2 rings (SSSR count). The van der Waals surface area contributed by atoms with Gasteiger partial charge in [0, 0.05) is 7.05 Å². The van der Waals surface area contributed by atoms with E-state index in [1.54, 1.807) is 0 Å². The molecule has 0 amide bonds. The third kappa shape index (κ3) is 1.92. The Balaban J connectivity index is 2.35. The van der Waals surface area contributed by atoms with Gasteiger partial charge in [0.25, 0.3) is 0 Å². The van der Waals surface area contributed by atoms with Gasteiger partial charge in [-0.3, -0.25) is 0 Å². The highest BCUT2D eigenvalue weighted by molar-refractivity contribution is 5.61. The summed E-state index contributed by atoms with van der Waals surface area (Å²) in [6, 6.07) is 6.34. The number of benzene rings is 1. The minimum absolute atomic E-state index is 0.408. The number of anilines is 1. The Labute approximate surface area is 90.8 Å². The Kier molecular flexibility index (Phi) is 2.82. The molecule has 1 aromatic carbocycles. The van der Waals surface area contributed by atoms with Gasteiger partial charge in [-0.2, -0.15) is 0 Å². The van der Waals surface area contributed by atoms with Crippen LogP contribution in [0.3, 0.4) is 0 Å². The number of hydrogen-bond acceptors (Lipinski definition) is 3. The van der Waals surface area contributed by atoms with Crippen LogP contribution in [-0.4, -0.2) is 26.7 Å². The molecule has 1 aliphatic heterocycles. The van der Waals surface area contributed by atoms with Gasteiger partial charge in [-0.15, -0.1) is 0 Å². The molecule has 0 aliphatic carbocycles. The van der Waals surface area contributed by atoms with Gasteiger partial charge in [0.05, 0.1) is 12.2 Å². The largest absolute Gasteiger partial charge is 0.490 e. The van der Waals surface area contributed by atoms with Gasteiger partial charge in [0.1, 0.15) is 12.4 Å². The fraction of sp³-hybridized carbons (Fsp3) is 0.500. The maximum Gasteiger partial charge on any atom is 0.142 e. The molecule has 1 unspecified atom stereocenters. The lowest BCUT2D eigenvalue weighted by Crippen LogP contribution is -2.29. The summed E-state index contributed by atoms with van der Waals surface area (Å²) in [6.07, 6.45) is 0. The van der Waals surface area contributed by atoms with E-state index < -0.39 is 0 Å². The number of likely N-dealkylation sites (N-methyl/N-ethyl adjacent to an activating group) is 1. The molecule has 2 N–H and O–H groups in total. The SMILES string of the molecule is CC(CN)c1ccc2c(c1)N(C)CCO2. The molecule has 1 aliphatic rings. The van der Waals surface area contributed by atoms with Gasteiger partial charge < -0.3 is 15.4 Å². The highest BCUT2D eigenvalue weighted by Gasteiger charge is 2.16. The minimum atomic E-state index is 0.408. The summed E-state index contributed by atoms with van der Waals surface area (Å²) in [6.45, 7) is 4.55. The van der Waals surface area contributed by atoms with Crippen LogP contribution in [0.25, 0.3) is 0 Å². The third-order valence-electron chi connectivity index (χ3n) is 3.00. The first-order valence-corrected chi connectivity index (χ1v) is 5.40. The van der Waals surface area contributed by atoms with Crippen molar-refractivity contribution in [2.45, 2.75) is 12.8 Å². The van der Waals surface area contributed by atoms with Gasteiger partial charge in [-0.05, 0) is 30.2 Å².